The van der Waals surface area contributed by atoms with E-state index >= 15 is 0 Å². The molecule has 0 aromatic heterocycles. The third-order valence-corrected chi connectivity index (χ3v) is 2.60. The molecule has 0 saturated carbocycles. The molecular formula is C12H14O3. The van der Waals surface area contributed by atoms with Gasteiger partial charge in [0.2, 0.25) is 0 Å². The van der Waals surface area contributed by atoms with Crippen molar-refractivity contribution in [3.05, 3.63) is 23.8 Å². The SMILES string of the molecule is CCC(C=O)c1cccc2c1OCCO2. The van der Waals surface area contributed by atoms with Crippen molar-refractivity contribution in [2.75, 3.05) is 13.2 Å². The van der Waals surface area contributed by atoms with Gasteiger partial charge in [-0.05, 0) is 12.5 Å². The zero-order chi connectivity index (χ0) is 10.7. The highest BCUT2D eigenvalue weighted by Gasteiger charge is 2.20. The van der Waals surface area contributed by atoms with E-state index in [1.807, 2.05) is 25.1 Å². The summed E-state index contributed by atoms with van der Waals surface area (Å²) in [4.78, 5) is 10.9. The van der Waals surface area contributed by atoms with E-state index in [1.165, 1.54) is 0 Å². The third kappa shape index (κ3) is 1.82. The number of aldehydes is 1. The molecule has 0 fully saturated rings. The molecule has 3 heteroatoms. The summed E-state index contributed by atoms with van der Waals surface area (Å²) in [5, 5.41) is 0. The molecule has 0 radical (unpaired) electrons. The molecule has 2 rings (SSSR count). The smallest absolute Gasteiger partial charge is 0.165 e. The van der Waals surface area contributed by atoms with Gasteiger partial charge in [-0.25, -0.2) is 0 Å². The van der Waals surface area contributed by atoms with Crippen LogP contribution >= 0.6 is 0 Å². The fraction of sp³-hybridized carbons (Fsp3) is 0.417. The van der Waals surface area contributed by atoms with E-state index in [0.29, 0.717) is 13.2 Å². The highest BCUT2D eigenvalue weighted by molar-refractivity contribution is 5.66. The Kier molecular flexibility index (Phi) is 2.90. The maximum absolute atomic E-state index is 10.9. The van der Waals surface area contributed by atoms with E-state index in [4.69, 9.17) is 9.47 Å². The van der Waals surface area contributed by atoms with E-state index in [0.717, 1.165) is 29.8 Å². The van der Waals surface area contributed by atoms with Crippen molar-refractivity contribution >= 4 is 6.29 Å². The molecule has 3 nitrogen and oxygen atoms in total. The predicted octanol–water partition coefficient (Wildman–Crippen LogP) is 2.15. The number of fused-ring (bicyclic) bond motifs is 1. The minimum absolute atomic E-state index is 0.0957. The van der Waals surface area contributed by atoms with Gasteiger partial charge in [0.25, 0.3) is 0 Å². The predicted molar refractivity (Wildman–Crippen MR) is 56.5 cm³/mol. The van der Waals surface area contributed by atoms with Crippen LogP contribution in [-0.2, 0) is 4.79 Å². The monoisotopic (exact) mass is 206 g/mol. The van der Waals surface area contributed by atoms with Gasteiger partial charge in [0.15, 0.2) is 11.5 Å². The fourth-order valence-corrected chi connectivity index (χ4v) is 1.78. The lowest BCUT2D eigenvalue weighted by molar-refractivity contribution is -0.109. The number of carbonyl (C=O) groups is 1. The Morgan fingerprint density at radius 2 is 2.20 bits per heavy atom. The standard InChI is InChI=1S/C12H14O3/c1-2-9(8-13)10-4-3-5-11-12(10)15-7-6-14-11/h3-5,8-9H,2,6-7H2,1H3. The first-order valence-corrected chi connectivity index (χ1v) is 5.20. The number of benzene rings is 1. The van der Waals surface area contributed by atoms with Gasteiger partial charge in [0, 0.05) is 11.5 Å². The molecular weight excluding hydrogens is 192 g/mol. The molecule has 1 aromatic carbocycles. The van der Waals surface area contributed by atoms with Gasteiger partial charge in [-0.3, -0.25) is 0 Å². The van der Waals surface area contributed by atoms with Crippen LogP contribution in [0.25, 0.3) is 0 Å². The number of ether oxygens (including phenoxy) is 2. The Labute approximate surface area is 89.0 Å². The van der Waals surface area contributed by atoms with Crippen LogP contribution in [0, 0.1) is 0 Å². The van der Waals surface area contributed by atoms with Gasteiger partial charge in [-0.15, -0.1) is 0 Å². The molecule has 1 unspecified atom stereocenters. The maximum atomic E-state index is 10.9. The average molecular weight is 206 g/mol. The summed E-state index contributed by atoms with van der Waals surface area (Å²) in [5.74, 6) is 1.39. The third-order valence-electron chi connectivity index (χ3n) is 2.60. The highest BCUT2D eigenvalue weighted by Crippen LogP contribution is 2.37. The summed E-state index contributed by atoms with van der Waals surface area (Å²) in [5.41, 5.74) is 0.935. The van der Waals surface area contributed by atoms with Crippen molar-refractivity contribution in [2.45, 2.75) is 19.3 Å². The van der Waals surface area contributed by atoms with Gasteiger partial charge < -0.3 is 14.3 Å². The van der Waals surface area contributed by atoms with Crippen LogP contribution in [-0.4, -0.2) is 19.5 Å². The Hall–Kier alpha value is -1.51. The number of para-hydroxylation sites is 1. The molecule has 0 bridgehead atoms. The van der Waals surface area contributed by atoms with Crippen molar-refractivity contribution in [1.29, 1.82) is 0 Å². The molecule has 1 aliphatic rings. The molecule has 1 aromatic rings. The molecule has 1 heterocycles. The summed E-state index contributed by atoms with van der Waals surface area (Å²) >= 11 is 0. The molecule has 0 N–H and O–H groups in total. The van der Waals surface area contributed by atoms with Crippen LogP contribution < -0.4 is 9.47 Å². The zero-order valence-corrected chi connectivity index (χ0v) is 8.73. The topological polar surface area (TPSA) is 35.5 Å². The molecule has 0 aliphatic carbocycles. The van der Waals surface area contributed by atoms with Crippen molar-refractivity contribution in [2.24, 2.45) is 0 Å². The largest absolute Gasteiger partial charge is 0.486 e. The lowest BCUT2D eigenvalue weighted by Crippen LogP contribution is -2.17. The van der Waals surface area contributed by atoms with Crippen molar-refractivity contribution in [1.82, 2.24) is 0 Å². The van der Waals surface area contributed by atoms with Crippen molar-refractivity contribution in [3.63, 3.8) is 0 Å². The number of hydrogen-bond acceptors (Lipinski definition) is 3. The van der Waals surface area contributed by atoms with Crippen LogP contribution in [0.1, 0.15) is 24.8 Å². The lowest BCUT2D eigenvalue weighted by Gasteiger charge is -2.22. The zero-order valence-electron chi connectivity index (χ0n) is 8.73. The summed E-state index contributed by atoms with van der Waals surface area (Å²) in [6.07, 6.45) is 1.75. The fourth-order valence-electron chi connectivity index (χ4n) is 1.78. The summed E-state index contributed by atoms with van der Waals surface area (Å²) < 4.78 is 11.0. The minimum atomic E-state index is -0.0957. The second-order valence-electron chi connectivity index (χ2n) is 3.52. The van der Waals surface area contributed by atoms with Crippen LogP contribution in [0.4, 0.5) is 0 Å². The first-order chi connectivity index (χ1) is 7.36. The van der Waals surface area contributed by atoms with Crippen LogP contribution in [0.3, 0.4) is 0 Å². The van der Waals surface area contributed by atoms with Crippen LogP contribution in [0.15, 0.2) is 18.2 Å². The highest BCUT2D eigenvalue weighted by atomic mass is 16.6. The number of carbonyl (C=O) groups excluding carboxylic acids is 1. The Morgan fingerprint density at radius 1 is 1.40 bits per heavy atom. The van der Waals surface area contributed by atoms with Crippen LogP contribution in [0.5, 0.6) is 11.5 Å². The Morgan fingerprint density at radius 3 is 2.93 bits per heavy atom. The van der Waals surface area contributed by atoms with E-state index in [2.05, 4.69) is 0 Å². The normalized spacial score (nSPS) is 15.8. The maximum Gasteiger partial charge on any atom is 0.165 e. The molecule has 1 aliphatic heterocycles. The van der Waals surface area contributed by atoms with E-state index < -0.39 is 0 Å². The van der Waals surface area contributed by atoms with Crippen LogP contribution in [0.2, 0.25) is 0 Å². The molecule has 0 amide bonds. The molecule has 15 heavy (non-hydrogen) atoms. The van der Waals surface area contributed by atoms with E-state index in [1.54, 1.807) is 0 Å². The van der Waals surface area contributed by atoms with E-state index in [-0.39, 0.29) is 5.92 Å². The van der Waals surface area contributed by atoms with Crippen molar-refractivity contribution < 1.29 is 14.3 Å². The first kappa shape index (κ1) is 10.0. The molecule has 80 valence electrons. The second kappa shape index (κ2) is 4.34. The Balaban J connectivity index is 2.42. The first-order valence-electron chi connectivity index (χ1n) is 5.20. The van der Waals surface area contributed by atoms with Gasteiger partial charge in [0.1, 0.15) is 19.5 Å². The number of hydrogen-bond donors (Lipinski definition) is 0. The number of rotatable bonds is 3. The molecule has 0 saturated heterocycles. The van der Waals surface area contributed by atoms with Gasteiger partial charge in [-0.2, -0.15) is 0 Å². The minimum Gasteiger partial charge on any atom is -0.486 e. The Bertz CT molecular complexity index is 360. The summed E-state index contributed by atoms with van der Waals surface area (Å²) in [6.45, 7) is 3.12. The molecule has 0 spiro atoms. The quantitative estimate of drug-likeness (QED) is 0.711. The average Bonchev–Trinajstić information content (AvgIpc) is 2.31. The van der Waals surface area contributed by atoms with Gasteiger partial charge >= 0.3 is 0 Å². The molecule has 1 atom stereocenters. The van der Waals surface area contributed by atoms with Crippen molar-refractivity contribution in [3.8, 4) is 11.5 Å². The van der Waals surface area contributed by atoms with Gasteiger partial charge in [0.05, 0.1) is 0 Å². The van der Waals surface area contributed by atoms with Gasteiger partial charge in [-0.1, -0.05) is 19.1 Å². The van der Waals surface area contributed by atoms with E-state index in [9.17, 15) is 4.79 Å². The second-order valence-corrected chi connectivity index (χ2v) is 3.52. The summed E-state index contributed by atoms with van der Waals surface area (Å²) in [7, 11) is 0. The summed E-state index contributed by atoms with van der Waals surface area (Å²) in [6, 6.07) is 5.70. The lowest BCUT2D eigenvalue weighted by atomic mass is 9.96.